The van der Waals surface area contributed by atoms with E-state index in [2.05, 4.69) is 6.92 Å². The summed E-state index contributed by atoms with van der Waals surface area (Å²) >= 11 is 6.03. The number of ether oxygens (including phenoxy) is 1. The highest BCUT2D eigenvalue weighted by atomic mass is 35.5. The lowest BCUT2D eigenvalue weighted by Crippen LogP contribution is -2.29. The Morgan fingerprint density at radius 2 is 2.16 bits per heavy atom. The van der Waals surface area contributed by atoms with Crippen LogP contribution in [-0.2, 0) is 4.74 Å². The van der Waals surface area contributed by atoms with E-state index in [4.69, 9.17) is 22.1 Å². The molecule has 2 rings (SSSR count). The zero-order chi connectivity index (χ0) is 13.8. The standard InChI is InChI=1S/C15H20ClNO2/c1-2-10-5-3-4-6-14(10)19-15(18)12-8-7-11(17)9-13(12)16/h7-10,14H,2-6,17H2,1H3. The minimum atomic E-state index is -0.338. The minimum Gasteiger partial charge on any atom is -0.458 e. The molecule has 1 aliphatic carbocycles. The Bertz CT molecular complexity index is 461. The Labute approximate surface area is 119 Å². The van der Waals surface area contributed by atoms with Gasteiger partial charge in [-0.1, -0.05) is 24.9 Å². The summed E-state index contributed by atoms with van der Waals surface area (Å²) < 4.78 is 5.64. The topological polar surface area (TPSA) is 52.3 Å². The van der Waals surface area contributed by atoms with Crippen LogP contribution < -0.4 is 5.73 Å². The van der Waals surface area contributed by atoms with Crippen molar-refractivity contribution >= 4 is 23.3 Å². The van der Waals surface area contributed by atoms with Gasteiger partial charge in [-0.25, -0.2) is 4.79 Å². The van der Waals surface area contributed by atoms with E-state index in [9.17, 15) is 4.79 Å². The highest BCUT2D eigenvalue weighted by Gasteiger charge is 2.27. The first-order valence-corrected chi connectivity index (χ1v) is 7.25. The highest BCUT2D eigenvalue weighted by Crippen LogP contribution is 2.30. The van der Waals surface area contributed by atoms with E-state index in [-0.39, 0.29) is 12.1 Å². The number of hydrogen-bond acceptors (Lipinski definition) is 3. The Morgan fingerprint density at radius 3 is 2.84 bits per heavy atom. The molecule has 1 aromatic carbocycles. The number of nitrogen functional groups attached to an aromatic ring is 1. The van der Waals surface area contributed by atoms with Gasteiger partial charge in [0.15, 0.2) is 0 Å². The third-order valence-corrected chi connectivity index (χ3v) is 4.15. The van der Waals surface area contributed by atoms with Crippen LogP contribution in [0.4, 0.5) is 5.69 Å². The molecule has 1 aromatic rings. The summed E-state index contributed by atoms with van der Waals surface area (Å²) in [6.45, 7) is 2.15. The first kappa shape index (κ1) is 14.2. The van der Waals surface area contributed by atoms with Crippen LogP contribution in [0.1, 0.15) is 49.4 Å². The lowest BCUT2D eigenvalue weighted by atomic mass is 9.85. The van der Waals surface area contributed by atoms with Gasteiger partial charge >= 0.3 is 5.97 Å². The maximum absolute atomic E-state index is 12.2. The lowest BCUT2D eigenvalue weighted by molar-refractivity contribution is 0.000733. The van der Waals surface area contributed by atoms with Gasteiger partial charge < -0.3 is 10.5 Å². The summed E-state index contributed by atoms with van der Waals surface area (Å²) in [7, 11) is 0. The molecule has 19 heavy (non-hydrogen) atoms. The molecule has 0 radical (unpaired) electrons. The molecule has 104 valence electrons. The van der Waals surface area contributed by atoms with Crippen LogP contribution in [0.3, 0.4) is 0 Å². The van der Waals surface area contributed by atoms with Crippen LogP contribution in [0.5, 0.6) is 0 Å². The predicted molar refractivity (Wildman–Crippen MR) is 77.3 cm³/mol. The Morgan fingerprint density at radius 1 is 1.42 bits per heavy atom. The minimum absolute atomic E-state index is 0.0277. The van der Waals surface area contributed by atoms with Crippen LogP contribution in [0.15, 0.2) is 18.2 Å². The van der Waals surface area contributed by atoms with Crippen molar-refractivity contribution in [3.8, 4) is 0 Å². The SMILES string of the molecule is CCC1CCCCC1OC(=O)c1ccc(N)cc1Cl. The second kappa shape index (κ2) is 6.29. The third-order valence-electron chi connectivity index (χ3n) is 3.84. The van der Waals surface area contributed by atoms with Crippen molar-refractivity contribution in [1.29, 1.82) is 0 Å². The molecule has 0 heterocycles. The van der Waals surface area contributed by atoms with E-state index in [1.54, 1.807) is 18.2 Å². The van der Waals surface area contributed by atoms with E-state index in [0.29, 0.717) is 22.2 Å². The second-order valence-corrected chi connectivity index (χ2v) is 5.54. The Balaban J connectivity index is 2.07. The van der Waals surface area contributed by atoms with Gasteiger partial charge in [0, 0.05) is 5.69 Å². The maximum atomic E-state index is 12.2. The van der Waals surface area contributed by atoms with Crippen molar-refractivity contribution in [2.45, 2.75) is 45.1 Å². The highest BCUT2D eigenvalue weighted by molar-refractivity contribution is 6.33. The molecule has 0 saturated heterocycles. The van der Waals surface area contributed by atoms with Crippen LogP contribution in [0.25, 0.3) is 0 Å². The van der Waals surface area contributed by atoms with E-state index in [1.807, 2.05) is 0 Å². The zero-order valence-corrected chi connectivity index (χ0v) is 12.0. The molecule has 0 aromatic heterocycles. The van der Waals surface area contributed by atoms with E-state index in [0.717, 1.165) is 25.7 Å². The molecule has 1 fully saturated rings. The number of benzene rings is 1. The average molecular weight is 282 g/mol. The van der Waals surface area contributed by atoms with Gasteiger partial charge in [-0.2, -0.15) is 0 Å². The van der Waals surface area contributed by atoms with Gasteiger partial charge in [-0.05, 0) is 49.8 Å². The maximum Gasteiger partial charge on any atom is 0.339 e. The summed E-state index contributed by atoms with van der Waals surface area (Å²) in [4.78, 5) is 12.2. The van der Waals surface area contributed by atoms with Gasteiger partial charge in [0.1, 0.15) is 6.10 Å². The number of carbonyl (C=O) groups is 1. The number of rotatable bonds is 3. The van der Waals surface area contributed by atoms with Crippen molar-refractivity contribution in [2.75, 3.05) is 5.73 Å². The smallest absolute Gasteiger partial charge is 0.339 e. The number of halogens is 1. The monoisotopic (exact) mass is 281 g/mol. The summed E-state index contributed by atoms with van der Waals surface area (Å²) in [5.41, 5.74) is 6.57. The quantitative estimate of drug-likeness (QED) is 0.672. The van der Waals surface area contributed by atoms with Gasteiger partial charge in [-0.15, -0.1) is 0 Å². The first-order valence-electron chi connectivity index (χ1n) is 6.87. The molecule has 1 saturated carbocycles. The third kappa shape index (κ3) is 3.41. The molecule has 4 heteroatoms. The summed E-state index contributed by atoms with van der Waals surface area (Å²) in [5, 5.41) is 0.355. The molecule has 0 bridgehead atoms. The molecule has 2 N–H and O–H groups in total. The normalized spacial score (nSPS) is 23.1. The van der Waals surface area contributed by atoms with Crippen LogP contribution in [0.2, 0.25) is 5.02 Å². The van der Waals surface area contributed by atoms with Crippen molar-refractivity contribution < 1.29 is 9.53 Å². The van der Waals surface area contributed by atoms with Crippen molar-refractivity contribution in [3.05, 3.63) is 28.8 Å². The molecule has 1 aliphatic rings. The van der Waals surface area contributed by atoms with E-state index >= 15 is 0 Å². The largest absolute Gasteiger partial charge is 0.458 e. The second-order valence-electron chi connectivity index (χ2n) is 5.14. The summed E-state index contributed by atoms with van der Waals surface area (Å²) in [6, 6.07) is 4.88. The number of nitrogens with two attached hydrogens (primary N) is 1. The molecule has 3 nitrogen and oxygen atoms in total. The van der Waals surface area contributed by atoms with Crippen LogP contribution in [-0.4, -0.2) is 12.1 Å². The fourth-order valence-corrected chi connectivity index (χ4v) is 2.96. The van der Waals surface area contributed by atoms with Gasteiger partial charge in [0.05, 0.1) is 10.6 Å². The predicted octanol–water partition coefficient (Wildman–Crippen LogP) is 4.05. The van der Waals surface area contributed by atoms with E-state index < -0.39 is 0 Å². The number of esters is 1. The molecular formula is C15H20ClNO2. The Hall–Kier alpha value is -1.22. The molecule has 0 amide bonds. The molecule has 0 spiro atoms. The van der Waals surface area contributed by atoms with Crippen molar-refractivity contribution in [2.24, 2.45) is 5.92 Å². The van der Waals surface area contributed by atoms with Gasteiger partial charge in [0.2, 0.25) is 0 Å². The Kier molecular flexibility index (Phi) is 4.70. The number of carbonyl (C=O) groups excluding carboxylic acids is 1. The first-order chi connectivity index (χ1) is 9.11. The molecular weight excluding hydrogens is 262 g/mol. The molecule has 2 atom stereocenters. The van der Waals surface area contributed by atoms with Crippen LogP contribution >= 0.6 is 11.6 Å². The fourth-order valence-electron chi connectivity index (χ4n) is 2.69. The van der Waals surface area contributed by atoms with Crippen LogP contribution in [0, 0.1) is 5.92 Å². The average Bonchev–Trinajstić information content (AvgIpc) is 2.39. The summed E-state index contributed by atoms with van der Waals surface area (Å²) in [5.74, 6) is 0.139. The van der Waals surface area contributed by atoms with Crippen molar-refractivity contribution in [3.63, 3.8) is 0 Å². The lowest BCUT2D eigenvalue weighted by Gasteiger charge is -2.30. The van der Waals surface area contributed by atoms with Crippen molar-refractivity contribution in [1.82, 2.24) is 0 Å². The zero-order valence-electron chi connectivity index (χ0n) is 11.2. The molecule has 2 unspecified atom stereocenters. The fraction of sp³-hybridized carbons (Fsp3) is 0.533. The number of hydrogen-bond donors (Lipinski definition) is 1. The van der Waals surface area contributed by atoms with Gasteiger partial charge in [0.25, 0.3) is 0 Å². The molecule has 0 aliphatic heterocycles. The van der Waals surface area contributed by atoms with E-state index in [1.165, 1.54) is 6.42 Å². The number of anilines is 1. The van der Waals surface area contributed by atoms with Gasteiger partial charge in [-0.3, -0.25) is 0 Å². The summed E-state index contributed by atoms with van der Waals surface area (Å²) in [6.07, 6.45) is 5.53.